The lowest BCUT2D eigenvalue weighted by Gasteiger charge is -2.31. The average Bonchev–Trinajstić information content (AvgIpc) is 2.92. The van der Waals surface area contributed by atoms with Crippen molar-refractivity contribution in [3.8, 4) is 5.75 Å². The fourth-order valence-corrected chi connectivity index (χ4v) is 3.94. The molecule has 0 radical (unpaired) electrons. The summed E-state index contributed by atoms with van der Waals surface area (Å²) in [6.07, 6.45) is 6.55. The summed E-state index contributed by atoms with van der Waals surface area (Å²) in [6, 6.07) is 9.54. The third kappa shape index (κ3) is 4.24. The van der Waals surface area contributed by atoms with Crippen LogP contribution in [0.1, 0.15) is 60.3 Å². The molecular weight excluding hydrogens is 340 g/mol. The van der Waals surface area contributed by atoms with Crippen molar-refractivity contribution in [2.45, 2.75) is 45.1 Å². The highest BCUT2D eigenvalue weighted by Crippen LogP contribution is 2.31. The van der Waals surface area contributed by atoms with Gasteiger partial charge >= 0.3 is 0 Å². The number of likely N-dealkylation sites (tertiary alicyclic amines) is 1. The first-order valence-corrected chi connectivity index (χ1v) is 9.60. The number of rotatable bonds is 5. The van der Waals surface area contributed by atoms with Crippen LogP contribution in [0.25, 0.3) is 0 Å². The van der Waals surface area contributed by atoms with Crippen LogP contribution in [-0.2, 0) is 18.3 Å². The number of Topliss-reactive ketones (excluding diaryl/α,β-unsaturated/α-hetero) is 1. The van der Waals surface area contributed by atoms with Crippen LogP contribution in [0.4, 0.5) is 0 Å². The van der Waals surface area contributed by atoms with Gasteiger partial charge in [-0.3, -0.25) is 9.59 Å². The number of carbonyl (C=O) groups excluding carboxylic acids is 2. The zero-order chi connectivity index (χ0) is 19.4. The number of carbonyl (C=O) groups is 2. The number of benzene rings is 1. The van der Waals surface area contributed by atoms with Crippen molar-refractivity contribution in [3.63, 3.8) is 0 Å². The largest absolute Gasteiger partial charge is 0.496 e. The molecule has 0 aliphatic carbocycles. The summed E-state index contributed by atoms with van der Waals surface area (Å²) in [5.74, 6) is 0.725. The van der Waals surface area contributed by atoms with Crippen molar-refractivity contribution in [1.29, 1.82) is 0 Å². The molecule has 1 atom stereocenters. The molecule has 2 heterocycles. The molecule has 144 valence electrons. The second-order valence-corrected chi connectivity index (χ2v) is 7.26. The van der Waals surface area contributed by atoms with Crippen LogP contribution < -0.4 is 4.74 Å². The van der Waals surface area contributed by atoms with Crippen LogP contribution in [0.3, 0.4) is 0 Å². The number of ether oxygens (including phenoxy) is 1. The number of amides is 1. The summed E-state index contributed by atoms with van der Waals surface area (Å²) >= 11 is 0. The molecule has 5 nitrogen and oxygen atoms in total. The van der Waals surface area contributed by atoms with E-state index in [1.807, 2.05) is 24.2 Å². The van der Waals surface area contributed by atoms with Crippen molar-refractivity contribution in [1.82, 2.24) is 9.47 Å². The molecule has 27 heavy (non-hydrogen) atoms. The lowest BCUT2D eigenvalue weighted by molar-refractivity contribution is -0.133. The Morgan fingerprint density at radius 2 is 2.00 bits per heavy atom. The van der Waals surface area contributed by atoms with Crippen molar-refractivity contribution >= 4 is 11.7 Å². The molecule has 1 amide bonds. The Morgan fingerprint density at radius 3 is 2.67 bits per heavy atom. The van der Waals surface area contributed by atoms with Gasteiger partial charge < -0.3 is 14.2 Å². The van der Waals surface area contributed by atoms with Crippen LogP contribution >= 0.6 is 0 Å². The topological polar surface area (TPSA) is 51.5 Å². The smallest absolute Gasteiger partial charge is 0.227 e. The lowest BCUT2D eigenvalue weighted by atomic mass is 10.0. The van der Waals surface area contributed by atoms with Crippen molar-refractivity contribution < 1.29 is 14.3 Å². The highest BCUT2D eigenvalue weighted by molar-refractivity contribution is 5.94. The zero-order valence-corrected chi connectivity index (χ0v) is 16.4. The summed E-state index contributed by atoms with van der Waals surface area (Å²) in [6.45, 7) is 2.30. The highest BCUT2D eigenvalue weighted by Gasteiger charge is 2.28. The van der Waals surface area contributed by atoms with E-state index in [9.17, 15) is 9.59 Å². The van der Waals surface area contributed by atoms with Crippen LogP contribution in [-0.4, -0.2) is 34.8 Å². The molecule has 0 N–H and O–H groups in total. The SMILES string of the molecule is COc1ccc(C(C)=O)cc1CC(=O)N1CCCCCC1c1cccn1C. The quantitative estimate of drug-likeness (QED) is 0.752. The number of hydrogen-bond acceptors (Lipinski definition) is 3. The summed E-state index contributed by atoms with van der Waals surface area (Å²) in [5, 5.41) is 0. The van der Waals surface area contributed by atoms with Gasteiger partial charge in [0.1, 0.15) is 5.75 Å². The molecule has 1 aromatic heterocycles. The minimum Gasteiger partial charge on any atom is -0.496 e. The van der Waals surface area contributed by atoms with E-state index in [-0.39, 0.29) is 24.2 Å². The van der Waals surface area contributed by atoms with Gasteiger partial charge in [-0.25, -0.2) is 0 Å². The molecule has 3 rings (SSSR count). The van der Waals surface area contributed by atoms with Gasteiger partial charge in [0.15, 0.2) is 5.78 Å². The number of aryl methyl sites for hydroxylation is 1. The normalized spacial score (nSPS) is 17.4. The van der Waals surface area contributed by atoms with Gasteiger partial charge in [0.05, 0.1) is 19.6 Å². The Balaban J connectivity index is 1.88. The monoisotopic (exact) mass is 368 g/mol. The maximum Gasteiger partial charge on any atom is 0.227 e. The zero-order valence-electron chi connectivity index (χ0n) is 16.4. The summed E-state index contributed by atoms with van der Waals surface area (Å²) in [4.78, 5) is 27.0. The highest BCUT2D eigenvalue weighted by atomic mass is 16.5. The fraction of sp³-hybridized carbons (Fsp3) is 0.455. The molecule has 1 unspecified atom stereocenters. The Hall–Kier alpha value is -2.56. The molecule has 1 fully saturated rings. The molecule has 1 aromatic carbocycles. The van der Waals surface area contributed by atoms with E-state index >= 15 is 0 Å². The van der Waals surface area contributed by atoms with Gasteiger partial charge in [0, 0.05) is 36.6 Å². The third-order valence-corrected chi connectivity index (χ3v) is 5.43. The Bertz CT molecular complexity index is 825. The van der Waals surface area contributed by atoms with E-state index in [2.05, 4.69) is 10.6 Å². The minimum absolute atomic E-state index is 0.0113. The molecule has 0 bridgehead atoms. The summed E-state index contributed by atoms with van der Waals surface area (Å²) in [5.41, 5.74) is 2.55. The maximum absolute atomic E-state index is 13.3. The molecule has 1 aliphatic rings. The van der Waals surface area contributed by atoms with Crippen LogP contribution in [0.15, 0.2) is 36.5 Å². The first kappa shape index (κ1) is 19.2. The van der Waals surface area contributed by atoms with Crippen molar-refractivity contribution in [3.05, 3.63) is 53.3 Å². The van der Waals surface area contributed by atoms with Gasteiger partial charge in [-0.05, 0) is 50.1 Å². The van der Waals surface area contributed by atoms with E-state index < -0.39 is 0 Å². The number of aromatic nitrogens is 1. The Morgan fingerprint density at radius 1 is 1.19 bits per heavy atom. The number of nitrogens with zero attached hydrogens (tertiary/aromatic N) is 2. The first-order chi connectivity index (χ1) is 13.0. The van der Waals surface area contributed by atoms with Gasteiger partial charge in [0.2, 0.25) is 5.91 Å². The van der Waals surface area contributed by atoms with Crippen molar-refractivity contribution in [2.75, 3.05) is 13.7 Å². The predicted molar refractivity (Wildman–Crippen MR) is 105 cm³/mol. The van der Waals surface area contributed by atoms with Crippen molar-refractivity contribution in [2.24, 2.45) is 7.05 Å². The number of hydrogen-bond donors (Lipinski definition) is 0. The van der Waals surface area contributed by atoms with Crippen LogP contribution in [0.2, 0.25) is 0 Å². The molecule has 0 spiro atoms. The minimum atomic E-state index is -0.0113. The molecular formula is C22H28N2O3. The Kier molecular flexibility index (Phi) is 5.99. The standard InChI is InChI=1S/C22H28N2O3/c1-16(25)17-10-11-21(27-3)18(14-17)15-22(26)24-13-6-4-5-8-20(24)19-9-7-12-23(19)2/h7,9-12,14,20H,4-6,8,13,15H2,1-3H3. The van der Waals surface area contributed by atoms with Gasteiger partial charge in [-0.2, -0.15) is 0 Å². The van der Waals surface area contributed by atoms with E-state index in [0.717, 1.165) is 37.8 Å². The molecule has 1 aliphatic heterocycles. The third-order valence-electron chi connectivity index (χ3n) is 5.43. The molecule has 1 saturated heterocycles. The van der Waals surface area contributed by atoms with E-state index in [0.29, 0.717) is 11.3 Å². The average molecular weight is 368 g/mol. The van der Waals surface area contributed by atoms with Crippen LogP contribution in [0, 0.1) is 0 Å². The van der Waals surface area contributed by atoms with E-state index in [1.54, 1.807) is 25.3 Å². The predicted octanol–water partition coefficient (Wildman–Crippen LogP) is 3.92. The van der Waals surface area contributed by atoms with Crippen LogP contribution in [0.5, 0.6) is 5.75 Å². The Labute approximate surface area is 160 Å². The van der Waals surface area contributed by atoms with E-state index in [1.165, 1.54) is 12.6 Å². The molecule has 5 heteroatoms. The van der Waals surface area contributed by atoms with E-state index in [4.69, 9.17) is 4.74 Å². The second kappa shape index (κ2) is 8.42. The first-order valence-electron chi connectivity index (χ1n) is 9.60. The van der Waals surface area contributed by atoms with Gasteiger partial charge in [-0.1, -0.05) is 12.8 Å². The van der Waals surface area contributed by atoms with Gasteiger partial charge in [0.25, 0.3) is 0 Å². The van der Waals surface area contributed by atoms with Gasteiger partial charge in [-0.15, -0.1) is 0 Å². The molecule has 2 aromatic rings. The second-order valence-electron chi connectivity index (χ2n) is 7.26. The number of methoxy groups -OCH3 is 1. The summed E-state index contributed by atoms with van der Waals surface area (Å²) < 4.78 is 7.53. The molecule has 0 saturated carbocycles. The number of ketones is 1. The summed E-state index contributed by atoms with van der Waals surface area (Å²) in [7, 11) is 3.62. The maximum atomic E-state index is 13.3. The lowest BCUT2D eigenvalue weighted by Crippen LogP contribution is -2.36. The fourth-order valence-electron chi connectivity index (χ4n) is 3.94.